The van der Waals surface area contributed by atoms with E-state index in [9.17, 15) is 4.79 Å². The number of guanidine groups is 1. The van der Waals surface area contributed by atoms with Crippen molar-refractivity contribution in [2.45, 2.75) is 72.1 Å². The van der Waals surface area contributed by atoms with Crippen LogP contribution in [0.1, 0.15) is 58.1 Å². The van der Waals surface area contributed by atoms with E-state index >= 15 is 0 Å². The van der Waals surface area contributed by atoms with E-state index in [2.05, 4.69) is 77.4 Å². The smallest absolute Gasteiger partial charge is 0.221 e. The lowest BCUT2D eigenvalue weighted by Gasteiger charge is -2.31. The number of hydrogen-bond donors (Lipinski definition) is 3. The highest BCUT2D eigenvalue weighted by molar-refractivity contribution is 14.0. The maximum Gasteiger partial charge on any atom is 0.221 e. The quantitative estimate of drug-likeness (QED) is 0.164. The highest BCUT2D eigenvalue weighted by Crippen LogP contribution is 2.18. The number of carbonyl (C=O) groups excluding carboxylic acids is 1. The van der Waals surface area contributed by atoms with Crippen LogP contribution in [-0.2, 0) is 17.9 Å². The molecule has 1 saturated heterocycles. The molecule has 7 nitrogen and oxygen atoms in total. The second-order valence-corrected chi connectivity index (χ2v) is 9.43. The first-order valence-corrected chi connectivity index (χ1v) is 12.1. The van der Waals surface area contributed by atoms with E-state index in [1.165, 1.54) is 11.1 Å². The minimum Gasteiger partial charge on any atom is -0.369 e. The number of piperidine rings is 1. The summed E-state index contributed by atoms with van der Waals surface area (Å²) in [6.45, 7) is 14.3. The van der Waals surface area contributed by atoms with Crippen LogP contribution < -0.4 is 16.4 Å². The molecule has 1 aliphatic rings. The van der Waals surface area contributed by atoms with Crippen LogP contribution in [0.15, 0.2) is 29.3 Å². The highest BCUT2D eigenvalue weighted by Gasteiger charge is 2.23. The van der Waals surface area contributed by atoms with Crippen LogP contribution in [-0.4, -0.2) is 67.0 Å². The monoisotopic (exact) mass is 572 g/mol. The number of nitrogens with zero attached hydrogens (tertiary/aromatic N) is 3. The van der Waals surface area contributed by atoms with Gasteiger partial charge in [0.05, 0.1) is 5.92 Å². The highest BCUT2D eigenvalue weighted by atomic mass is 127. The molecule has 8 heteroatoms. The molecule has 1 amide bonds. The van der Waals surface area contributed by atoms with Crippen molar-refractivity contribution in [1.29, 1.82) is 0 Å². The fourth-order valence-corrected chi connectivity index (χ4v) is 4.52. The molecule has 2 rings (SSSR count). The molecule has 1 heterocycles. The van der Waals surface area contributed by atoms with Crippen LogP contribution in [0.5, 0.6) is 0 Å². The lowest BCUT2D eigenvalue weighted by atomic mass is 9.97. The van der Waals surface area contributed by atoms with E-state index in [4.69, 9.17) is 5.73 Å². The minimum absolute atomic E-state index is 0. The number of carbonyl (C=O) groups is 1. The van der Waals surface area contributed by atoms with Crippen molar-refractivity contribution in [2.24, 2.45) is 16.6 Å². The largest absolute Gasteiger partial charge is 0.369 e. The summed E-state index contributed by atoms with van der Waals surface area (Å²) in [5.74, 6) is 0.639. The van der Waals surface area contributed by atoms with Gasteiger partial charge in [0, 0.05) is 51.9 Å². The summed E-state index contributed by atoms with van der Waals surface area (Å²) < 4.78 is 0. The Morgan fingerprint density at radius 2 is 1.91 bits per heavy atom. The molecule has 33 heavy (non-hydrogen) atoms. The Morgan fingerprint density at radius 3 is 2.55 bits per heavy atom. The van der Waals surface area contributed by atoms with Crippen LogP contribution in [0.3, 0.4) is 0 Å². The van der Waals surface area contributed by atoms with Crippen LogP contribution in [0, 0.1) is 5.92 Å². The Labute approximate surface area is 218 Å². The van der Waals surface area contributed by atoms with E-state index in [-0.39, 0.29) is 35.8 Å². The molecule has 4 N–H and O–H groups in total. The minimum atomic E-state index is -0.173. The predicted octanol–water partition coefficient (Wildman–Crippen LogP) is 3.18. The molecule has 1 atom stereocenters. The van der Waals surface area contributed by atoms with Gasteiger partial charge < -0.3 is 16.4 Å². The van der Waals surface area contributed by atoms with E-state index < -0.39 is 0 Å². The van der Waals surface area contributed by atoms with Crippen LogP contribution in [0.4, 0.5) is 0 Å². The zero-order chi connectivity index (χ0) is 23.5. The van der Waals surface area contributed by atoms with E-state index in [0.29, 0.717) is 12.1 Å². The summed E-state index contributed by atoms with van der Waals surface area (Å²) in [6, 6.07) is 9.74. The van der Waals surface area contributed by atoms with E-state index in [1.807, 2.05) is 7.05 Å². The number of benzene rings is 1. The average molecular weight is 573 g/mol. The summed E-state index contributed by atoms with van der Waals surface area (Å²) in [7, 11) is 1.81. The van der Waals surface area contributed by atoms with Gasteiger partial charge in [0.25, 0.3) is 0 Å². The van der Waals surface area contributed by atoms with Gasteiger partial charge in [0.1, 0.15) is 0 Å². The van der Waals surface area contributed by atoms with Gasteiger partial charge in [-0.1, -0.05) is 24.3 Å². The molecule has 1 aromatic rings. The molecule has 188 valence electrons. The molecular formula is C25H45IN6O. The molecule has 0 aliphatic carbocycles. The zero-order valence-electron chi connectivity index (χ0n) is 21.1. The number of nitrogens with one attached hydrogen (secondary N) is 2. The molecular weight excluding hydrogens is 527 g/mol. The van der Waals surface area contributed by atoms with Gasteiger partial charge >= 0.3 is 0 Å². The maximum absolute atomic E-state index is 11.5. The van der Waals surface area contributed by atoms with Gasteiger partial charge in [-0.15, -0.1) is 24.0 Å². The lowest BCUT2D eigenvalue weighted by Crippen LogP contribution is -2.41. The van der Waals surface area contributed by atoms with Gasteiger partial charge in [-0.2, -0.15) is 0 Å². The first kappa shape index (κ1) is 29.6. The van der Waals surface area contributed by atoms with Gasteiger partial charge in [-0.25, -0.2) is 0 Å². The second-order valence-electron chi connectivity index (χ2n) is 9.43. The van der Waals surface area contributed by atoms with E-state index in [1.54, 1.807) is 0 Å². The second kappa shape index (κ2) is 15.5. The van der Waals surface area contributed by atoms with Gasteiger partial charge in [0.2, 0.25) is 5.91 Å². The molecule has 1 unspecified atom stereocenters. The first-order chi connectivity index (χ1) is 15.3. The van der Waals surface area contributed by atoms with Crippen molar-refractivity contribution in [3.05, 3.63) is 35.4 Å². The van der Waals surface area contributed by atoms with Crippen LogP contribution in [0.2, 0.25) is 0 Å². The maximum atomic E-state index is 11.5. The molecule has 0 spiro atoms. The van der Waals surface area contributed by atoms with Crippen molar-refractivity contribution >= 4 is 35.8 Å². The molecule has 1 fully saturated rings. The Kier molecular flexibility index (Phi) is 13.9. The number of halogens is 1. The number of likely N-dealkylation sites (tertiary alicyclic amines) is 1. The van der Waals surface area contributed by atoms with E-state index in [0.717, 1.165) is 64.5 Å². The average Bonchev–Trinajstić information content (AvgIpc) is 2.75. The fraction of sp³-hybridized carbons (Fsp3) is 0.680. The van der Waals surface area contributed by atoms with Crippen molar-refractivity contribution in [2.75, 3.05) is 33.2 Å². The first-order valence-electron chi connectivity index (χ1n) is 12.1. The third kappa shape index (κ3) is 10.6. The summed E-state index contributed by atoms with van der Waals surface area (Å²) >= 11 is 0. The van der Waals surface area contributed by atoms with Crippen LogP contribution >= 0.6 is 24.0 Å². The van der Waals surface area contributed by atoms with Gasteiger partial charge in [-0.3, -0.25) is 19.6 Å². The number of nitrogens with two attached hydrogens (primary N) is 1. The standard InChI is InChI=1S/C25H44N6O.HI/c1-19(2)31(20(3)4)14-8-12-28-25(27-5)29-16-21-9-6-10-22(15-21)17-30-13-7-11-23(18-30)24(26)32;/h6,9-10,15,19-20,23H,7-8,11-14,16-18H2,1-5H3,(H2,26,32)(H2,27,28,29);1H. The number of hydrogen-bond acceptors (Lipinski definition) is 4. The Balaban J connectivity index is 0.00000544. The number of rotatable bonds is 11. The third-order valence-corrected chi connectivity index (χ3v) is 6.20. The Morgan fingerprint density at radius 1 is 1.21 bits per heavy atom. The molecule has 0 bridgehead atoms. The number of primary amides is 1. The molecule has 0 saturated carbocycles. The number of amides is 1. The summed E-state index contributed by atoms with van der Waals surface area (Å²) in [5, 5.41) is 6.85. The predicted molar refractivity (Wildman–Crippen MR) is 149 cm³/mol. The number of aliphatic imine (C=N–C) groups is 1. The van der Waals surface area contributed by atoms with Crippen LogP contribution in [0.25, 0.3) is 0 Å². The van der Waals surface area contributed by atoms with Crippen molar-refractivity contribution in [1.82, 2.24) is 20.4 Å². The fourth-order valence-electron chi connectivity index (χ4n) is 4.52. The summed E-state index contributed by atoms with van der Waals surface area (Å²) in [5.41, 5.74) is 8.00. The molecule has 1 aliphatic heterocycles. The summed E-state index contributed by atoms with van der Waals surface area (Å²) in [4.78, 5) is 20.7. The van der Waals surface area contributed by atoms with Crippen molar-refractivity contribution in [3.8, 4) is 0 Å². The van der Waals surface area contributed by atoms with Gasteiger partial charge in [0.15, 0.2) is 5.96 Å². The zero-order valence-corrected chi connectivity index (χ0v) is 23.5. The van der Waals surface area contributed by atoms with Gasteiger partial charge in [-0.05, 0) is 64.6 Å². The lowest BCUT2D eigenvalue weighted by molar-refractivity contribution is -0.123. The normalized spacial score (nSPS) is 17.3. The molecule has 1 aromatic carbocycles. The Bertz CT molecular complexity index is 731. The molecule has 0 aromatic heterocycles. The van der Waals surface area contributed by atoms with Crippen molar-refractivity contribution in [3.63, 3.8) is 0 Å². The SMILES string of the molecule is CN=C(NCCCN(C(C)C)C(C)C)NCc1cccc(CN2CCCC(C(N)=O)C2)c1.I. The van der Waals surface area contributed by atoms with Crippen molar-refractivity contribution < 1.29 is 4.79 Å². The topological polar surface area (TPSA) is 86.0 Å². The third-order valence-electron chi connectivity index (χ3n) is 6.20. The summed E-state index contributed by atoms with van der Waals surface area (Å²) in [6.07, 6.45) is 3.02. The Hall–Kier alpha value is -1.39. The molecule has 0 radical (unpaired) electrons.